The van der Waals surface area contributed by atoms with Gasteiger partial charge in [-0.15, -0.1) is 0 Å². The summed E-state index contributed by atoms with van der Waals surface area (Å²) >= 11 is 11.6. The van der Waals surface area contributed by atoms with Crippen LogP contribution in [0.4, 0.5) is 10.2 Å². The number of nitrogens with zero attached hydrogens (tertiary/aromatic N) is 1. The van der Waals surface area contributed by atoms with Crippen molar-refractivity contribution < 1.29 is 18.7 Å². The SMILES string of the molecule is C[C@@H](OC(=O)Cc1ccccc1F)C(=O)Nc1ncc(Cl)cc1Cl. The van der Waals surface area contributed by atoms with Gasteiger partial charge in [-0.2, -0.15) is 0 Å². The van der Waals surface area contributed by atoms with E-state index in [0.29, 0.717) is 5.02 Å². The van der Waals surface area contributed by atoms with Gasteiger partial charge in [0.15, 0.2) is 11.9 Å². The van der Waals surface area contributed by atoms with Gasteiger partial charge in [-0.25, -0.2) is 9.37 Å². The van der Waals surface area contributed by atoms with Crippen molar-refractivity contribution in [3.63, 3.8) is 0 Å². The van der Waals surface area contributed by atoms with Crippen molar-refractivity contribution in [1.29, 1.82) is 0 Å². The number of amides is 1. The van der Waals surface area contributed by atoms with Crippen LogP contribution in [-0.4, -0.2) is 23.0 Å². The van der Waals surface area contributed by atoms with Crippen LogP contribution in [0.1, 0.15) is 12.5 Å². The van der Waals surface area contributed by atoms with Crippen molar-refractivity contribution in [1.82, 2.24) is 4.98 Å². The molecule has 0 aliphatic carbocycles. The van der Waals surface area contributed by atoms with Crippen LogP contribution >= 0.6 is 23.2 Å². The van der Waals surface area contributed by atoms with Gasteiger partial charge >= 0.3 is 5.97 Å². The molecule has 1 aromatic heterocycles. The molecule has 5 nitrogen and oxygen atoms in total. The van der Waals surface area contributed by atoms with Crippen molar-refractivity contribution in [2.45, 2.75) is 19.4 Å². The maximum absolute atomic E-state index is 13.5. The molecule has 0 saturated heterocycles. The van der Waals surface area contributed by atoms with E-state index in [0.717, 1.165) is 0 Å². The molecule has 1 aromatic carbocycles. The molecule has 1 heterocycles. The number of hydrogen-bond acceptors (Lipinski definition) is 4. The number of nitrogens with one attached hydrogen (secondary N) is 1. The summed E-state index contributed by atoms with van der Waals surface area (Å²) in [6.07, 6.45) is -0.0554. The molecule has 0 aliphatic heterocycles. The van der Waals surface area contributed by atoms with Gasteiger partial charge in [0.05, 0.1) is 16.5 Å². The van der Waals surface area contributed by atoms with Crippen molar-refractivity contribution >= 4 is 40.9 Å². The molecule has 2 aromatic rings. The lowest BCUT2D eigenvalue weighted by Gasteiger charge is -2.14. The minimum Gasteiger partial charge on any atom is -0.452 e. The zero-order chi connectivity index (χ0) is 17.7. The highest BCUT2D eigenvalue weighted by Crippen LogP contribution is 2.22. The highest BCUT2D eigenvalue weighted by atomic mass is 35.5. The Labute approximate surface area is 147 Å². The Hall–Kier alpha value is -2.18. The molecule has 1 atom stereocenters. The number of anilines is 1. The molecule has 0 bridgehead atoms. The maximum atomic E-state index is 13.5. The van der Waals surface area contributed by atoms with E-state index in [1.807, 2.05) is 0 Å². The van der Waals surface area contributed by atoms with E-state index >= 15 is 0 Å². The minimum absolute atomic E-state index is 0.100. The first-order valence-corrected chi connectivity index (χ1v) is 7.67. The average molecular weight is 371 g/mol. The van der Waals surface area contributed by atoms with Crippen LogP contribution < -0.4 is 5.32 Å². The molecule has 0 fully saturated rings. The molecular weight excluding hydrogens is 358 g/mol. The van der Waals surface area contributed by atoms with Gasteiger partial charge in [-0.3, -0.25) is 9.59 Å². The monoisotopic (exact) mass is 370 g/mol. The fourth-order valence-electron chi connectivity index (χ4n) is 1.81. The van der Waals surface area contributed by atoms with E-state index in [2.05, 4.69) is 10.3 Å². The Morgan fingerprint density at radius 2 is 2.04 bits per heavy atom. The van der Waals surface area contributed by atoms with Crippen LogP contribution in [0.3, 0.4) is 0 Å². The van der Waals surface area contributed by atoms with Crippen molar-refractivity contribution in [3.8, 4) is 0 Å². The van der Waals surface area contributed by atoms with Crippen LogP contribution in [-0.2, 0) is 20.7 Å². The number of ether oxygens (including phenoxy) is 1. The van der Waals surface area contributed by atoms with Crippen LogP contribution in [0.15, 0.2) is 36.5 Å². The third kappa shape index (κ3) is 4.91. The Kier molecular flexibility index (Phi) is 6.11. The number of rotatable bonds is 5. The Morgan fingerprint density at radius 1 is 1.33 bits per heavy atom. The zero-order valence-corrected chi connectivity index (χ0v) is 14.1. The summed E-state index contributed by atoms with van der Waals surface area (Å²) in [5.74, 6) is -1.75. The van der Waals surface area contributed by atoms with E-state index in [1.54, 1.807) is 6.07 Å². The predicted molar refractivity (Wildman–Crippen MR) is 88.5 cm³/mol. The van der Waals surface area contributed by atoms with Crippen molar-refractivity contribution in [3.05, 3.63) is 58.0 Å². The average Bonchev–Trinajstić information content (AvgIpc) is 2.52. The fraction of sp³-hybridized carbons (Fsp3) is 0.188. The molecule has 0 saturated carbocycles. The normalized spacial score (nSPS) is 11.7. The molecule has 1 amide bonds. The van der Waals surface area contributed by atoms with Crippen LogP contribution in [0, 0.1) is 5.82 Å². The maximum Gasteiger partial charge on any atom is 0.311 e. The highest BCUT2D eigenvalue weighted by molar-refractivity contribution is 6.36. The molecule has 0 unspecified atom stereocenters. The van der Waals surface area contributed by atoms with Gasteiger partial charge in [0.1, 0.15) is 5.82 Å². The topological polar surface area (TPSA) is 68.3 Å². The molecular formula is C16H13Cl2FN2O3. The number of carbonyl (C=O) groups excluding carboxylic acids is 2. The summed E-state index contributed by atoms with van der Waals surface area (Å²) in [5.41, 5.74) is 0.192. The predicted octanol–water partition coefficient (Wildman–Crippen LogP) is 3.64. The zero-order valence-electron chi connectivity index (χ0n) is 12.6. The number of esters is 1. The Bertz CT molecular complexity index is 771. The van der Waals surface area contributed by atoms with Gasteiger partial charge in [-0.1, -0.05) is 41.4 Å². The Balaban J connectivity index is 1.93. The quantitative estimate of drug-likeness (QED) is 0.815. The number of aromatic nitrogens is 1. The number of carbonyl (C=O) groups is 2. The largest absolute Gasteiger partial charge is 0.452 e. The van der Waals surface area contributed by atoms with Gasteiger partial charge in [0.25, 0.3) is 5.91 Å². The van der Waals surface area contributed by atoms with Crippen molar-refractivity contribution in [2.75, 3.05) is 5.32 Å². The second-order valence-electron chi connectivity index (χ2n) is 4.87. The summed E-state index contributed by atoms with van der Waals surface area (Å²) in [6.45, 7) is 1.39. The van der Waals surface area contributed by atoms with Crippen LogP contribution in [0.5, 0.6) is 0 Å². The molecule has 126 valence electrons. The molecule has 2 rings (SSSR count). The smallest absolute Gasteiger partial charge is 0.311 e. The van der Waals surface area contributed by atoms with Crippen molar-refractivity contribution in [2.24, 2.45) is 0 Å². The second kappa shape index (κ2) is 8.08. The minimum atomic E-state index is -1.10. The molecule has 8 heteroatoms. The van der Waals surface area contributed by atoms with E-state index in [9.17, 15) is 14.0 Å². The van der Waals surface area contributed by atoms with Crippen LogP contribution in [0.25, 0.3) is 0 Å². The first-order chi connectivity index (χ1) is 11.4. The van der Waals surface area contributed by atoms with E-state index in [-0.39, 0.29) is 22.8 Å². The summed E-state index contributed by atoms with van der Waals surface area (Å²) in [7, 11) is 0. The molecule has 1 N–H and O–H groups in total. The van der Waals surface area contributed by atoms with Gasteiger partial charge in [0.2, 0.25) is 0 Å². The van der Waals surface area contributed by atoms with E-state index in [1.165, 1.54) is 37.4 Å². The lowest BCUT2D eigenvalue weighted by Crippen LogP contribution is -2.31. The van der Waals surface area contributed by atoms with Gasteiger partial charge in [0, 0.05) is 6.20 Å². The first kappa shape index (κ1) is 18.2. The molecule has 24 heavy (non-hydrogen) atoms. The Morgan fingerprint density at radius 3 is 2.71 bits per heavy atom. The van der Waals surface area contributed by atoms with Gasteiger partial charge in [-0.05, 0) is 24.6 Å². The summed E-state index contributed by atoms with van der Waals surface area (Å²) in [6, 6.07) is 7.26. The molecule has 0 radical (unpaired) electrons. The third-order valence-corrected chi connectivity index (χ3v) is 3.51. The number of halogens is 3. The lowest BCUT2D eigenvalue weighted by molar-refractivity contribution is -0.152. The summed E-state index contributed by atoms with van der Waals surface area (Å²) in [4.78, 5) is 27.7. The number of hydrogen-bond donors (Lipinski definition) is 1. The molecule has 0 spiro atoms. The second-order valence-corrected chi connectivity index (χ2v) is 5.72. The standard InChI is InChI=1S/C16H13Cl2FN2O3/c1-9(16(23)21-15-12(18)7-11(17)8-20-15)24-14(22)6-10-4-2-3-5-13(10)19/h2-5,7-9H,6H2,1H3,(H,20,21,23)/t9-/m1/s1. The highest BCUT2D eigenvalue weighted by Gasteiger charge is 2.20. The summed E-state index contributed by atoms with van der Waals surface area (Å²) in [5, 5.41) is 2.90. The van der Waals surface area contributed by atoms with E-state index in [4.69, 9.17) is 27.9 Å². The van der Waals surface area contributed by atoms with E-state index < -0.39 is 23.8 Å². The summed E-state index contributed by atoms with van der Waals surface area (Å²) < 4.78 is 18.5. The number of benzene rings is 1. The molecule has 0 aliphatic rings. The third-order valence-electron chi connectivity index (χ3n) is 3.02. The number of pyridine rings is 1. The fourth-order valence-corrected chi connectivity index (χ4v) is 2.24. The lowest BCUT2D eigenvalue weighted by atomic mass is 10.1. The van der Waals surface area contributed by atoms with Gasteiger partial charge < -0.3 is 10.1 Å². The first-order valence-electron chi connectivity index (χ1n) is 6.91. The van der Waals surface area contributed by atoms with Crippen LogP contribution in [0.2, 0.25) is 10.0 Å².